The highest BCUT2D eigenvalue weighted by atomic mass is 16.5. The third-order valence-corrected chi connectivity index (χ3v) is 15.4. The summed E-state index contributed by atoms with van der Waals surface area (Å²) in [6.45, 7) is 9.81. The lowest BCUT2D eigenvalue weighted by Gasteiger charge is -2.19. The van der Waals surface area contributed by atoms with Gasteiger partial charge in [-0.05, 0) is 80.3 Å². The molecule has 0 aliphatic heterocycles. The number of amides is 8. The van der Waals surface area contributed by atoms with Crippen LogP contribution < -0.4 is 71.8 Å². The van der Waals surface area contributed by atoms with Crippen LogP contribution in [0, 0.1) is 0 Å². The summed E-state index contributed by atoms with van der Waals surface area (Å²) in [7, 11) is 2.50. The van der Waals surface area contributed by atoms with Gasteiger partial charge in [-0.2, -0.15) is 0 Å². The highest BCUT2D eigenvalue weighted by molar-refractivity contribution is 6.09. The van der Waals surface area contributed by atoms with Crippen LogP contribution in [0.1, 0.15) is 265 Å². The minimum Gasteiger partial charge on any atom is -0.495 e. The van der Waals surface area contributed by atoms with Crippen molar-refractivity contribution in [3.8, 4) is 34.5 Å². The van der Waals surface area contributed by atoms with Gasteiger partial charge in [0, 0.05) is 6.07 Å². The Morgan fingerprint density at radius 1 is 0.255 bits per heavy atom. The number of hydrogen-bond acceptors (Lipinski definition) is 14. The molecule has 94 heavy (non-hydrogen) atoms. The summed E-state index contributed by atoms with van der Waals surface area (Å²) < 4.78 is 35.5. The van der Waals surface area contributed by atoms with Crippen LogP contribution in [0.3, 0.4) is 0 Å². The van der Waals surface area contributed by atoms with Gasteiger partial charge < -0.3 is 28.4 Å². The predicted octanol–water partition coefficient (Wildman–Crippen LogP) is 13.0. The molecule has 0 fully saturated rings. The summed E-state index contributed by atoms with van der Waals surface area (Å²) in [6.07, 6.45) is 24.2. The molecule has 0 saturated carbocycles. The Morgan fingerprint density at radius 3 is 0.755 bits per heavy atom. The SMILES string of the molecule is CCCCCCCCOc1ccccc1C(=O)NNC(=O)c1cccc(C(=O)NNC(=O)c2cc(C(=O)NNC(=O)c3cccc(C(=O)NNC(=O)c4ccccc4OCCCCCCCC)c3OC)c(OCCCCCCCC)cc2OCCCCCCCC)c1OC. The topological polar surface area (TPSA) is 288 Å². The zero-order valence-electron chi connectivity index (χ0n) is 55.8. The largest absolute Gasteiger partial charge is 0.495 e. The molecule has 5 rings (SSSR count). The third-order valence-electron chi connectivity index (χ3n) is 15.4. The van der Waals surface area contributed by atoms with Crippen molar-refractivity contribution in [2.45, 2.75) is 182 Å². The van der Waals surface area contributed by atoms with E-state index in [-0.39, 0.29) is 80.7 Å². The molecule has 8 amide bonds. The van der Waals surface area contributed by atoms with Crippen LogP contribution in [-0.4, -0.2) is 87.9 Å². The summed E-state index contributed by atoms with van der Waals surface area (Å²) in [6, 6.07) is 24.3. The molecule has 22 nitrogen and oxygen atoms in total. The van der Waals surface area contributed by atoms with Gasteiger partial charge >= 0.3 is 0 Å². The van der Waals surface area contributed by atoms with E-state index in [1.807, 2.05) is 0 Å². The van der Waals surface area contributed by atoms with E-state index in [0.717, 1.165) is 128 Å². The molecule has 0 radical (unpaired) electrons. The predicted molar refractivity (Wildman–Crippen MR) is 361 cm³/mol. The number of para-hydroxylation sites is 4. The number of carbonyl (C=O) groups excluding carboxylic acids is 8. The Balaban J connectivity index is 1.33. The molecule has 5 aromatic carbocycles. The molecule has 0 bridgehead atoms. The fourth-order valence-corrected chi connectivity index (χ4v) is 10.2. The number of nitrogens with one attached hydrogen (secondary N) is 8. The van der Waals surface area contributed by atoms with Crippen molar-refractivity contribution in [2.75, 3.05) is 40.6 Å². The monoisotopic (exact) mass is 1300 g/mol. The number of carbonyl (C=O) groups is 8. The zero-order valence-corrected chi connectivity index (χ0v) is 55.8. The lowest BCUT2D eigenvalue weighted by atomic mass is 10.1. The van der Waals surface area contributed by atoms with Gasteiger partial charge in [-0.15, -0.1) is 0 Å². The van der Waals surface area contributed by atoms with Crippen LogP contribution in [0.2, 0.25) is 0 Å². The zero-order chi connectivity index (χ0) is 67.7. The van der Waals surface area contributed by atoms with E-state index >= 15 is 0 Å². The van der Waals surface area contributed by atoms with Crippen LogP contribution in [0.4, 0.5) is 0 Å². The molecule has 0 aromatic heterocycles. The molecular weight excluding hydrogens is 1200 g/mol. The second-order valence-electron chi connectivity index (χ2n) is 22.7. The average molecular weight is 1300 g/mol. The summed E-state index contributed by atoms with van der Waals surface area (Å²) in [4.78, 5) is 111. The highest BCUT2D eigenvalue weighted by Gasteiger charge is 2.27. The van der Waals surface area contributed by atoms with E-state index in [2.05, 4.69) is 71.1 Å². The summed E-state index contributed by atoms with van der Waals surface area (Å²) in [5.41, 5.74) is 18.6. The van der Waals surface area contributed by atoms with Gasteiger partial charge in [-0.3, -0.25) is 81.8 Å². The minimum absolute atomic E-state index is 0.0289. The second-order valence-corrected chi connectivity index (χ2v) is 22.7. The van der Waals surface area contributed by atoms with Crippen molar-refractivity contribution in [3.05, 3.63) is 142 Å². The fourth-order valence-electron chi connectivity index (χ4n) is 10.2. The van der Waals surface area contributed by atoms with Crippen LogP contribution in [-0.2, 0) is 0 Å². The van der Waals surface area contributed by atoms with Gasteiger partial charge in [-0.1, -0.05) is 193 Å². The number of benzene rings is 5. The van der Waals surface area contributed by atoms with E-state index in [1.165, 1.54) is 75.6 Å². The third kappa shape index (κ3) is 24.9. The maximum absolute atomic E-state index is 14.4. The number of unbranched alkanes of at least 4 members (excludes halogenated alkanes) is 20. The van der Waals surface area contributed by atoms with Gasteiger partial charge in [0.2, 0.25) is 0 Å². The average Bonchev–Trinajstić information content (AvgIpc) is 0.825. The first-order valence-corrected chi connectivity index (χ1v) is 33.5. The Hall–Kier alpha value is -9.34. The Labute approximate surface area is 553 Å². The number of hydrazine groups is 4. The number of ether oxygens (including phenoxy) is 6. The molecule has 0 atom stereocenters. The van der Waals surface area contributed by atoms with E-state index in [1.54, 1.807) is 48.5 Å². The van der Waals surface area contributed by atoms with Gasteiger partial charge in [0.1, 0.15) is 34.5 Å². The lowest BCUT2D eigenvalue weighted by Crippen LogP contribution is -2.43. The van der Waals surface area contributed by atoms with E-state index in [4.69, 9.17) is 28.4 Å². The van der Waals surface area contributed by atoms with Crippen molar-refractivity contribution in [1.82, 2.24) is 43.4 Å². The fraction of sp³-hybridized carbons (Fsp3) is 0.472. The van der Waals surface area contributed by atoms with Crippen molar-refractivity contribution in [3.63, 3.8) is 0 Å². The number of methoxy groups -OCH3 is 2. The van der Waals surface area contributed by atoms with Gasteiger partial charge in [0.05, 0.1) is 85.2 Å². The Bertz CT molecular complexity index is 3020. The van der Waals surface area contributed by atoms with Crippen LogP contribution in [0.5, 0.6) is 34.5 Å². The van der Waals surface area contributed by atoms with E-state index < -0.39 is 47.3 Å². The molecule has 0 unspecified atom stereocenters. The Kier molecular flexibility index (Phi) is 34.9. The second kappa shape index (κ2) is 43.5. The smallest absolute Gasteiger partial charge is 0.273 e. The van der Waals surface area contributed by atoms with Crippen molar-refractivity contribution in [1.29, 1.82) is 0 Å². The first-order valence-electron chi connectivity index (χ1n) is 33.5. The standard InChI is InChI=1S/C72H98N8O14/c1-7-11-15-19-23-31-45-91-59-43-29-27-37-51(59)65(81)73-75-67(83)53-39-35-41-55(63(53)89-5)69(85)77-79-71(87)57-49-58(62(94-48-34-26-22-18-14-10-4)50-61(57)93-47-33-25-21-17-13-9-3)72(88)80-78-70(86)56-42-36-40-54(64(56)90-6)68(84)76-74-66(82)52-38-28-30-44-60(52)92-46-32-24-20-16-12-8-2/h27-30,35-44,49-50H,7-26,31-34,45-48H2,1-6H3,(H,73,81)(H,74,82)(H,75,83)(H,76,84)(H,77,85)(H,78,86)(H,79,87)(H,80,88). The number of hydrogen-bond donors (Lipinski definition) is 8. The first-order chi connectivity index (χ1) is 45.8. The maximum atomic E-state index is 14.4. The highest BCUT2D eigenvalue weighted by Crippen LogP contribution is 2.32. The van der Waals surface area contributed by atoms with Crippen molar-refractivity contribution in [2.24, 2.45) is 0 Å². The van der Waals surface area contributed by atoms with Crippen molar-refractivity contribution < 1.29 is 66.8 Å². The lowest BCUT2D eigenvalue weighted by molar-refractivity contribution is 0.0833. The van der Waals surface area contributed by atoms with E-state index in [0.29, 0.717) is 37.6 Å². The first kappa shape index (κ1) is 75.4. The quantitative estimate of drug-likeness (QED) is 0.0133. The maximum Gasteiger partial charge on any atom is 0.273 e. The summed E-state index contributed by atoms with van der Waals surface area (Å²) in [5.74, 6) is -6.16. The molecule has 510 valence electrons. The van der Waals surface area contributed by atoms with Gasteiger partial charge in [0.25, 0.3) is 47.3 Å². The van der Waals surface area contributed by atoms with Crippen LogP contribution in [0.25, 0.3) is 0 Å². The van der Waals surface area contributed by atoms with Gasteiger partial charge in [0.15, 0.2) is 0 Å². The Morgan fingerprint density at radius 2 is 0.479 bits per heavy atom. The molecule has 0 aliphatic carbocycles. The molecule has 0 aliphatic rings. The normalized spacial score (nSPS) is 10.7. The van der Waals surface area contributed by atoms with Crippen LogP contribution >= 0.6 is 0 Å². The molecule has 5 aromatic rings. The van der Waals surface area contributed by atoms with Gasteiger partial charge in [-0.25, -0.2) is 0 Å². The molecular formula is C72H98N8O14. The molecule has 0 heterocycles. The van der Waals surface area contributed by atoms with Crippen molar-refractivity contribution >= 4 is 47.3 Å². The molecule has 0 spiro atoms. The molecule has 0 saturated heterocycles. The number of rotatable bonds is 42. The van der Waals surface area contributed by atoms with E-state index in [9.17, 15) is 38.4 Å². The molecule has 8 N–H and O–H groups in total. The minimum atomic E-state index is -0.921. The van der Waals surface area contributed by atoms with Crippen LogP contribution in [0.15, 0.2) is 97.1 Å². The summed E-state index contributed by atoms with van der Waals surface area (Å²) in [5, 5.41) is 0. The molecule has 22 heteroatoms. The summed E-state index contributed by atoms with van der Waals surface area (Å²) >= 11 is 0.